The first-order chi connectivity index (χ1) is 12.8. The zero-order valence-corrected chi connectivity index (χ0v) is 14.6. The van der Waals surface area contributed by atoms with Crippen LogP contribution in [0.2, 0.25) is 5.02 Å². The number of nitrogens with one attached hydrogen (secondary N) is 1. The number of carbonyl (C=O) groups is 2. The smallest absolute Gasteiger partial charge is 0.333 e. The highest BCUT2D eigenvalue weighted by Crippen LogP contribution is 2.37. The van der Waals surface area contributed by atoms with Crippen molar-refractivity contribution in [3.63, 3.8) is 0 Å². The van der Waals surface area contributed by atoms with Gasteiger partial charge in [-0.2, -0.15) is 0 Å². The van der Waals surface area contributed by atoms with Crippen LogP contribution in [0.5, 0.6) is 11.5 Å². The van der Waals surface area contributed by atoms with Crippen LogP contribution in [0, 0.1) is 10.1 Å². The number of hydrogen-bond acceptors (Lipinski definition) is 6. The molecule has 10 heteroatoms. The van der Waals surface area contributed by atoms with Crippen LogP contribution in [0.25, 0.3) is 6.08 Å². The standard InChI is InChI=1S/C17H12ClN3O6/c1-27-14-7-9(6-13(15(14)22)21(25)26)5-12-16(23)20(17(24)19-12)11-4-2-3-10(18)8-11/h2-8,22H,1H3,(H,19,24)/b12-5+. The second kappa shape index (κ2) is 6.96. The topological polar surface area (TPSA) is 122 Å². The van der Waals surface area contributed by atoms with E-state index in [0.29, 0.717) is 5.02 Å². The Bertz CT molecular complexity index is 1000. The van der Waals surface area contributed by atoms with Crippen molar-refractivity contribution < 1.29 is 24.4 Å². The van der Waals surface area contributed by atoms with Gasteiger partial charge in [-0.05, 0) is 35.9 Å². The fraction of sp³-hybridized carbons (Fsp3) is 0.0588. The molecule has 0 bridgehead atoms. The number of phenols is 1. The summed E-state index contributed by atoms with van der Waals surface area (Å²) in [6.45, 7) is 0. The first kappa shape index (κ1) is 18.2. The maximum atomic E-state index is 12.6. The quantitative estimate of drug-likeness (QED) is 0.358. The number of urea groups is 1. The zero-order valence-electron chi connectivity index (χ0n) is 13.8. The van der Waals surface area contributed by atoms with Crippen LogP contribution in [-0.2, 0) is 4.79 Å². The molecule has 0 radical (unpaired) electrons. The molecule has 1 aliphatic heterocycles. The highest BCUT2D eigenvalue weighted by molar-refractivity contribution is 6.32. The third-order valence-corrected chi connectivity index (χ3v) is 3.98. The summed E-state index contributed by atoms with van der Waals surface area (Å²) in [6.07, 6.45) is 1.25. The number of phenolic OH excluding ortho intramolecular Hbond substituents is 1. The lowest BCUT2D eigenvalue weighted by molar-refractivity contribution is -0.386. The minimum Gasteiger partial charge on any atom is -0.500 e. The number of hydrogen-bond donors (Lipinski definition) is 2. The third kappa shape index (κ3) is 3.40. The number of ether oxygens (including phenoxy) is 1. The van der Waals surface area contributed by atoms with Crippen molar-refractivity contribution in [2.45, 2.75) is 0 Å². The van der Waals surface area contributed by atoms with Crippen molar-refractivity contribution in [2.75, 3.05) is 12.0 Å². The number of halogens is 1. The number of anilines is 1. The predicted molar refractivity (Wildman–Crippen MR) is 96.8 cm³/mol. The Kier molecular flexibility index (Phi) is 4.70. The molecule has 0 unspecified atom stereocenters. The van der Waals surface area contributed by atoms with Crippen LogP contribution in [-0.4, -0.2) is 29.1 Å². The predicted octanol–water partition coefficient (Wildman–Crippen LogP) is 3.06. The lowest BCUT2D eigenvalue weighted by atomic mass is 10.1. The summed E-state index contributed by atoms with van der Waals surface area (Å²) >= 11 is 5.89. The van der Waals surface area contributed by atoms with Crippen LogP contribution in [0.3, 0.4) is 0 Å². The van der Waals surface area contributed by atoms with Crippen LogP contribution >= 0.6 is 11.6 Å². The van der Waals surface area contributed by atoms with E-state index in [9.17, 15) is 24.8 Å². The fourth-order valence-electron chi connectivity index (χ4n) is 2.54. The van der Waals surface area contributed by atoms with Gasteiger partial charge in [-0.25, -0.2) is 9.69 Å². The fourth-order valence-corrected chi connectivity index (χ4v) is 2.73. The summed E-state index contributed by atoms with van der Waals surface area (Å²) in [5.74, 6) is -1.43. The number of methoxy groups -OCH3 is 1. The number of nitro benzene ring substituents is 1. The summed E-state index contributed by atoms with van der Waals surface area (Å²) in [7, 11) is 1.24. The van der Waals surface area contributed by atoms with Gasteiger partial charge in [0, 0.05) is 11.1 Å². The lowest BCUT2D eigenvalue weighted by Crippen LogP contribution is -2.30. The van der Waals surface area contributed by atoms with Crippen LogP contribution in [0.1, 0.15) is 5.56 Å². The number of aromatic hydroxyl groups is 1. The van der Waals surface area contributed by atoms with Crippen molar-refractivity contribution in [3.8, 4) is 11.5 Å². The number of carbonyl (C=O) groups excluding carboxylic acids is 2. The maximum absolute atomic E-state index is 12.6. The second-order valence-corrected chi connectivity index (χ2v) is 5.89. The Balaban J connectivity index is 2.01. The summed E-state index contributed by atoms with van der Waals surface area (Å²) in [4.78, 5) is 36.0. The highest BCUT2D eigenvalue weighted by Gasteiger charge is 2.35. The van der Waals surface area contributed by atoms with Crippen molar-refractivity contribution in [1.82, 2.24) is 5.32 Å². The van der Waals surface area contributed by atoms with Gasteiger partial charge in [0.25, 0.3) is 5.91 Å². The zero-order chi connectivity index (χ0) is 19.7. The van der Waals surface area contributed by atoms with E-state index in [2.05, 4.69) is 5.32 Å². The molecule has 9 nitrogen and oxygen atoms in total. The molecule has 0 spiro atoms. The average Bonchev–Trinajstić information content (AvgIpc) is 2.89. The first-order valence-electron chi connectivity index (χ1n) is 7.50. The van der Waals surface area contributed by atoms with Gasteiger partial charge in [0.1, 0.15) is 5.70 Å². The molecule has 2 aromatic carbocycles. The molecule has 3 rings (SSSR count). The van der Waals surface area contributed by atoms with Crippen LogP contribution < -0.4 is 15.0 Å². The van der Waals surface area contributed by atoms with E-state index in [-0.39, 0.29) is 22.7 Å². The third-order valence-electron chi connectivity index (χ3n) is 3.75. The van der Waals surface area contributed by atoms with E-state index < -0.39 is 28.3 Å². The second-order valence-electron chi connectivity index (χ2n) is 5.46. The van der Waals surface area contributed by atoms with Gasteiger partial charge in [0.05, 0.1) is 17.7 Å². The Morgan fingerprint density at radius 1 is 1.30 bits per heavy atom. The molecule has 138 valence electrons. The Morgan fingerprint density at radius 3 is 2.67 bits per heavy atom. The molecular weight excluding hydrogens is 378 g/mol. The molecule has 0 aromatic heterocycles. The first-order valence-corrected chi connectivity index (χ1v) is 7.87. The van der Waals surface area contributed by atoms with Gasteiger partial charge in [-0.15, -0.1) is 0 Å². The summed E-state index contributed by atoms with van der Waals surface area (Å²) in [5.41, 5.74) is -0.220. The molecule has 1 heterocycles. The number of nitrogens with zero attached hydrogens (tertiary/aromatic N) is 2. The van der Waals surface area contributed by atoms with Gasteiger partial charge in [0.15, 0.2) is 5.75 Å². The summed E-state index contributed by atoms with van der Waals surface area (Å²) in [5, 5.41) is 23.6. The molecule has 27 heavy (non-hydrogen) atoms. The molecule has 0 aliphatic carbocycles. The highest BCUT2D eigenvalue weighted by atomic mass is 35.5. The maximum Gasteiger partial charge on any atom is 0.333 e. The van der Waals surface area contributed by atoms with Gasteiger partial charge < -0.3 is 15.2 Å². The molecule has 2 N–H and O–H groups in total. The normalized spacial score (nSPS) is 15.2. The van der Waals surface area contributed by atoms with Gasteiger partial charge in [0.2, 0.25) is 5.75 Å². The van der Waals surface area contributed by atoms with Crippen LogP contribution in [0.4, 0.5) is 16.2 Å². The van der Waals surface area contributed by atoms with E-state index in [1.54, 1.807) is 18.2 Å². The number of rotatable bonds is 4. The number of benzene rings is 2. The molecule has 2 aromatic rings. The number of imide groups is 1. The van der Waals surface area contributed by atoms with Crippen molar-refractivity contribution in [2.24, 2.45) is 0 Å². The SMILES string of the molecule is COc1cc(/C=C2/NC(=O)N(c3cccc(Cl)c3)C2=O)cc([N+](=O)[O-])c1O. The summed E-state index contributed by atoms with van der Waals surface area (Å²) < 4.78 is 4.91. The lowest BCUT2D eigenvalue weighted by Gasteiger charge is -2.11. The van der Waals surface area contributed by atoms with Crippen molar-refractivity contribution >= 4 is 41.0 Å². The van der Waals surface area contributed by atoms with Gasteiger partial charge >= 0.3 is 11.7 Å². The van der Waals surface area contributed by atoms with Gasteiger partial charge in [-0.3, -0.25) is 14.9 Å². The van der Waals surface area contributed by atoms with E-state index in [4.69, 9.17) is 16.3 Å². The van der Waals surface area contributed by atoms with Crippen LogP contribution in [0.15, 0.2) is 42.1 Å². The van der Waals surface area contributed by atoms with E-state index in [0.717, 1.165) is 11.0 Å². The van der Waals surface area contributed by atoms with Crippen molar-refractivity contribution in [3.05, 3.63) is 62.8 Å². The Hall–Kier alpha value is -3.59. The molecular formula is C17H12ClN3O6. The molecule has 3 amide bonds. The molecule has 0 atom stereocenters. The summed E-state index contributed by atoms with van der Waals surface area (Å²) in [6, 6.07) is 7.87. The number of nitro groups is 1. The van der Waals surface area contributed by atoms with E-state index in [1.807, 2.05) is 0 Å². The minimum atomic E-state index is -0.785. The minimum absolute atomic E-state index is 0.0954. The van der Waals surface area contributed by atoms with Gasteiger partial charge in [-0.1, -0.05) is 17.7 Å². The van der Waals surface area contributed by atoms with E-state index in [1.165, 1.54) is 25.3 Å². The molecule has 1 aliphatic rings. The Morgan fingerprint density at radius 2 is 2.04 bits per heavy atom. The largest absolute Gasteiger partial charge is 0.500 e. The number of amides is 3. The average molecular weight is 390 g/mol. The van der Waals surface area contributed by atoms with E-state index >= 15 is 0 Å². The molecule has 1 fully saturated rings. The monoisotopic (exact) mass is 389 g/mol. The molecule has 0 saturated carbocycles. The Labute approximate surface area is 157 Å². The molecule has 1 saturated heterocycles. The van der Waals surface area contributed by atoms with Crippen molar-refractivity contribution in [1.29, 1.82) is 0 Å².